The SMILES string of the molecule is C=C(CBr)C(=O)OCCCCC(C=O)N[C@H](C(=O)N[C@@H](CCCNC(N)=O)C(=O)Nc1ccc(C(=O)N(C)[C@@H](C)C(=O)O[C@H]2CC(=O)N(C)c3cc(cc(OC)c3Cl)C/C(C)=C/C=C/[C@@H](OC)[C@@]3(O)C[C@H](OC(=O)N3)[C@@H](C)[C@@H]3O[C@@]23C)c(F)c1)C(C)C. The Kier molecular flexibility index (Phi) is 25.9. The van der Waals surface area contributed by atoms with Gasteiger partial charge in [0.05, 0.1) is 49.6 Å². The lowest BCUT2D eigenvalue weighted by atomic mass is 9.83. The number of alkyl halides is 1. The number of carbonyl (C=O) groups is 9. The molecule has 3 aliphatic heterocycles. The van der Waals surface area contributed by atoms with Crippen LogP contribution in [0.5, 0.6) is 5.75 Å². The maximum absolute atomic E-state index is 16.2. The second kappa shape index (κ2) is 31.8. The van der Waals surface area contributed by atoms with E-state index in [1.165, 1.54) is 46.2 Å². The number of ether oxygens (including phenoxy) is 6. The van der Waals surface area contributed by atoms with Crippen molar-refractivity contribution in [3.63, 3.8) is 0 Å². The van der Waals surface area contributed by atoms with Gasteiger partial charge in [0.25, 0.3) is 5.91 Å². The molecule has 2 saturated heterocycles. The molecule has 8 N–H and O–H groups in total. The van der Waals surface area contributed by atoms with Gasteiger partial charge in [0.1, 0.15) is 58.9 Å². The Bertz CT molecular complexity index is 2950. The summed E-state index contributed by atoms with van der Waals surface area (Å²) in [5.41, 5.74) is 3.35. The Morgan fingerprint density at radius 1 is 1.08 bits per heavy atom. The standard InChI is InChI=1S/C60H81BrClFN8O16/c1-32(2)50(66-39(31-72)17-12-13-23-84-55(77)34(4)30-61)53(75)68-42(18-15-22-65-57(64)79)52(74)67-38-20-21-40(41(63)27-38)54(76)70(8)36(6)56(78)86-47-28-48(73)71(9)43-25-37(26-44(82-10)49(43)62)24-33(3)16-14-19-46(83-11)60(81)29-45(85-58(80)69-60)35(5)51-59(47,7)87-51/h14,16,19-21,25-27,31-32,35-36,39,42,45-47,50-51,66,81H,4,12-13,15,17-18,22-24,28-30H2,1-3,5-11H3,(H,67,74)(H,68,75)(H,69,80)(H3,64,65,79)/b19-14+,33-16+/t35-,36+,39?,42+,45+,46-,47+,50+,51+,59+,60+/m1/s1. The van der Waals surface area contributed by atoms with Gasteiger partial charge >= 0.3 is 24.1 Å². The number of primary amides is 1. The second-order valence-corrected chi connectivity index (χ2v) is 23.4. The van der Waals surface area contributed by atoms with E-state index in [-0.39, 0.29) is 71.4 Å². The van der Waals surface area contributed by atoms with Gasteiger partial charge in [-0.2, -0.15) is 0 Å². The number of amides is 7. The predicted octanol–water partition coefficient (Wildman–Crippen LogP) is 5.69. The fraction of sp³-hybridized carbons (Fsp3) is 0.550. The van der Waals surface area contributed by atoms with Crippen LogP contribution >= 0.6 is 27.5 Å². The van der Waals surface area contributed by atoms with E-state index in [0.717, 1.165) is 22.6 Å². The number of alkyl carbamates (subject to hydrolysis) is 1. The first-order valence-electron chi connectivity index (χ1n) is 28.4. The second-order valence-electron chi connectivity index (χ2n) is 22.5. The van der Waals surface area contributed by atoms with Crippen molar-refractivity contribution in [2.24, 2.45) is 17.6 Å². The molecule has 24 nitrogen and oxygen atoms in total. The van der Waals surface area contributed by atoms with Gasteiger partial charge in [0, 0.05) is 56.7 Å². The van der Waals surface area contributed by atoms with Crippen molar-refractivity contribution in [3.8, 4) is 5.75 Å². The minimum Gasteiger partial charge on any atom is -0.495 e. The number of hydrogen-bond acceptors (Lipinski definition) is 17. The molecule has 2 fully saturated rings. The van der Waals surface area contributed by atoms with Crippen LogP contribution in [0.3, 0.4) is 0 Å². The number of anilines is 2. The monoisotopic (exact) mass is 1300 g/mol. The molecular formula is C60H81BrClFN8O16. The van der Waals surface area contributed by atoms with Crippen LogP contribution in [-0.2, 0) is 58.9 Å². The number of urea groups is 1. The Morgan fingerprint density at radius 2 is 1.79 bits per heavy atom. The van der Waals surface area contributed by atoms with Gasteiger partial charge in [-0.25, -0.2) is 23.6 Å². The molecule has 1 unspecified atom stereocenters. The summed E-state index contributed by atoms with van der Waals surface area (Å²) in [5, 5.41) is 25.5. The number of fused-ring (bicyclic) bond motifs is 5. The van der Waals surface area contributed by atoms with Gasteiger partial charge in [-0.3, -0.25) is 29.8 Å². The number of aldehydes is 1. The zero-order valence-electron chi connectivity index (χ0n) is 50.6. The molecule has 478 valence electrons. The molecule has 5 rings (SSSR count). The highest BCUT2D eigenvalue weighted by Crippen LogP contribution is 2.49. The van der Waals surface area contributed by atoms with Crippen LogP contribution in [0.1, 0.15) is 102 Å². The van der Waals surface area contributed by atoms with Crippen LogP contribution < -0.4 is 42.0 Å². The van der Waals surface area contributed by atoms with Crippen molar-refractivity contribution in [1.82, 2.24) is 26.2 Å². The van der Waals surface area contributed by atoms with Gasteiger partial charge in [-0.1, -0.05) is 78.7 Å². The van der Waals surface area contributed by atoms with Crippen molar-refractivity contribution in [2.45, 2.75) is 153 Å². The summed E-state index contributed by atoms with van der Waals surface area (Å²) < 4.78 is 50.7. The number of allylic oxidation sites excluding steroid dienone is 3. The van der Waals surface area contributed by atoms with Crippen molar-refractivity contribution >= 4 is 92.9 Å². The Labute approximate surface area is 519 Å². The van der Waals surface area contributed by atoms with Crippen molar-refractivity contribution < 1.29 is 81.1 Å². The number of benzene rings is 2. The number of epoxide rings is 1. The molecule has 2 aromatic carbocycles. The van der Waals surface area contributed by atoms with Crippen LogP contribution in [0.15, 0.2) is 66.3 Å². The summed E-state index contributed by atoms with van der Waals surface area (Å²) in [7, 11) is 5.55. The first-order chi connectivity index (χ1) is 41.0. The molecule has 0 radical (unpaired) electrons. The molecule has 87 heavy (non-hydrogen) atoms. The molecule has 7 amide bonds. The molecule has 0 saturated carbocycles. The molecule has 2 aromatic rings. The molecule has 0 aromatic heterocycles. The molecule has 11 atom stereocenters. The number of methoxy groups -OCH3 is 2. The highest BCUT2D eigenvalue weighted by Gasteiger charge is 2.64. The third-order valence-corrected chi connectivity index (χ3v) is 16.7. The molecule has 3 aliphatic rings. The average Bonchev–Trinajstić information content (AvgIpc) is 1.59. The largest absolute Gasteiger partial charge is 0.495 e. The lowest BCUT2D eigenvalue weighted by Gasteiger charge is -2.42. The number of unbranched alkanes of at least 4 members (excludes halogenated alkanes) is 1. The number of rotatable bonds is 25. The zero-order chi connectivity index (χ0) is 64.7. The van der Waals surface area contributed by atoms with Crippen LogP contribution in [0.4, 0.5) is 25.4 Å². The van der Waals surface area contributed by atoms with Crippen LogP contribution in [-0.4, -0.2) is 171 Å². The molecule has 4 bridgehead atoms. The molecule has 0 spiro atoms. The quantitative estimate of drug-likeness (QED) is 0.0119. The summed E-state index contributed by atoms with van der Waals surface area (Å²) in [6.45, 7) is 13.8. The molecule has 3 heterocycles. The normalized spacial score (nSPS) is 24.4. The van der Waals surface area contributed by atoms with Crippen LogP contribution in [0.2, 0.25) is 5.02 Å². The fourth-order valence-corrected chi connectivity index (χ4v) is 10.7. The zero-order valence-corrected chi connectivity index (χ0v) is 53.0. The number of nitrogens with two attached hydrogens (primary N) is 1. The maximum Gasteiger partial charge on any atom is 0.409 e. The van der Waals surface area contributed by atoms with Gasteiger partial charge in [0.15, 0.2) is 5.72 Å². The minimum atomic E-state index is -1.94. The van der Waals surface area contributed by atoms with E-state index >= 15 is 4.39 Å². The number of carbonyl (C=O) groups excluding carboxylic acids is 9. The first-order valence-corrected chi connectivity index (χ1v) is 29.9. The van der Waals surface area contributed by atoms with E-state index in [9.17, 15) is 48.3 Å². The van der Waals surface area contributed by atoms with Gasteiger partial charge in [-0.05, 0) is 101 Å². The Balaban J connectivity index is 1.34. The summed E-state index contributed by atoms with van der Waals surface area (Å²) in [5.74, 6) is -6.42. The van der Waals surface area contributed by atoms with E-state index in [1.807, 2.05) is 13.0 Å². The number of esters is 2. The van der Waals surface area contributed by atoms with Crippen LogP contribution in [0.25, 0.3) is 0 Å². The number of aliphatic hydroxyl groups is 1. The van der Waals surface area contributed by atoms with E-state index < -0.39 is 131 Å². The van der Waals surface area contributed by atoms with Crippen molar-refractivity contribution in [3.05, 3.63) is 88.3 Å². The lowest BCUT2D eigenvalue weighted by molar-refractivity contribution is -0.158. The third kappa shape index (κ3) is 18.8. The minimum absolute atomic E-state index is 0.0328. The van der Waals surface area contributed by atoms with E-state index in [2.05, 4.69) is 49.1 Å². The Morgan fingerprint density at radius 3 is 2.43 bits per heavy atom. The number of halogens is 3. The maximum atomic E-state index is 16.2. The summed E-state index contributed by atoms with van der Waals surface area (Å²) in [6, 6.07) is 1.40. The number of hydrogen-bond donors (Lipinski definition) is 7. The smallest absolute Gasteiger partial charge is 0.409 e. The first kappa shape index (κ1) is 70.8. The predicted molar refractivity (Wildman–Crippen MR) is 323 cm³/mol. The lowest BCUT2D eigenvalue weighted by Crippen LogP contribution is -2.63. The molecule has 27 heteroatoms. The van der Waals surface area contributed by atoms with Gasteiger partial charge in [0.2, 0.25) is 17.7 Å². The van der Waals surface area contributed by atoms with Gasteiger partial charge < -0.3 is 69.8 Å². The highest BCUT2D eigenvalue weighted by molar-refractivity contribution is 9.09. The van der Waals surface area contributed by atoms with Crippen molar-refractivity contribution in [2.75, 3.05) is 57.0 Å². The molecule has 0 aliphatic carbocycles. The average molecular weight is 1300 g/mol. The van der Waals surface area contributed by atoms with Crippen molar-refractivity contribution in [1.29, 1.82) is 0 Å². The Hall–Kier alpha value is -6.97. The van der Waals surface area contributed by atoms with E-state index in [4.69, 9.17) is 45.8 Å². The number of nitrogens with one attached hydrogen (secondary N) is 5. The third-order valence-electron chi connectivity index (χ3n) is 15.6. The van der Waals surface area contributed by atoms with E-state index in [0.29, 0.717) is 37.5 Å². The topological polar surface area (TPSA) is 325 Å². The number of nitrogens with zero attached hydrogens (tertiary/aromatic N) is 2. The van der Waals surface area contributed by atoms with Gasteiger partial charge in [-0.15, -0.1) is 0 Å². The summed E-state index contributed by atoms with van der Waals surface area (Å²) in [6.07, 6.45) is 1.63. The van der Waals surface area contributed by atoms with Crippen LogP contribution in [0, 0.1) is 17.7 Å². The highest BCUT2D eigenvalue weighted by atomic mass is 79.9. The molecular weight excluding hydrogens is 1220 g/mol. The summed E-state index contributed by atoms with van der Waals surface area (Å²) in [4.78, 5) is 122. The van der Waals surface area contributed by atoms with E-state index in [1.54, 1.807) is 52.0 Å². The summed E-state index contributed by atoms with van der Waals surface area (Å²) >= 11 is 9.98. The number of likely N-dealkylation sites (N-methyl/N-ethyl adjacent to an activating group) is 1. The fourth-order valence-electron chi connectivity index (χ4n) is 10.2.